The van der Waals surface area contributed by atoms with Gasteiger partial charge in [0.15, 0.2) is 5.76 Å². The standard InChI is InChI=1S/C20H13BrClN3O3/c21-15-9-11(22)5-6-13(15)17-7-8-18(28-17)20(27)25-10-14(19(26)24-23)12-3-1-2-4-16(12)25/h1-10H,23H2,(H,24,26). The number of carbonyl (C=O) groups is 2. The summed E-state index contributed by atoms with van der Waals surface area (Å²) in [5.41, 5.74) is 3.75. The van der Waals surface area contributed by atoms with E-state index in [9.17, 15) is 9.59 Å². The van der Waals surface area contributed by atoms with Gasteiger partial charge in [0.1, 0.15) is 5.76 Å². The molecule has 0 spiro atoms. The molecule has 0 saturated carbocycles. The largest absolute Gasteiger partial charge is 0.451 e. The van der Waals surface area contributed by atoms with Crippen molar-refractivity contribution in [1.82, 2.24) is 9.99 Å². The minimum absolute atomic E-state index is 0.136. The number of rotatable bonds is 3. The number of fused-ring (bicyclic) bond motifs is 1. The second-order valence-electron chi connectivity index (χ2n) is 6.00. The molecule has 2 aromatic carbocycles. The summed E-state index contributed by atoms with van der Waals surface area (Å²) in [5.74, 6) is 5.03. The maximum atomic E-state index is 13.0. The molecule has 0 atom stereocenters. The fourth-order valence-corrected chi connectivity index (χ4v) is 3.89. The third-order valence-corrected chi connectivity index (χ3v) is 5.21. The van der Waals surface area contributed by atoms with Crippen LogP contribution in [0.4, 0.5) is 0 Å². The second-order valence-corrected chi connectivity index (χ2v) is 7.29. The molecule has 28 heavy (non-hydrogen) atoms. The topological polar surface area (TPSA) is 90.3 Å². The van der Waals surface area contributed by atoms with Crippen molar-refractivity contribution in [3.05, 3.63) is 81.6 Å². The number of nitrogens with one attached hydrogen (secondary N) is 1. The first kappa shape index (κ1) is 18.5. The first-order valence-corrected chi connectivity index (χ1v) is 9.37. The van der Waals surface area contributed by atoms with Crippen LogP contribution in [-0.2, 0) is 0 Å². The fraction of sp³-hybridized carbons (Fsp3) is 0. The molecule has 1 amide bonds. The number of hydrogen-bond donors (Lipinski definition) is 2. The average molecular weight is 459 g/mol. The van der Waals surface area contributed by atoms with Gasteiger partial charge in [0.2, 0.25) is 0 Å². The summed E-state index contributed by atoms with van der Waals surface area (Å²) in [6.07, 6.45) is 1.45. The van der Waals surface area contributed by atoms with Gasteiger partial charge in [-0.25, -0.2) is 5.84 Å². The van der Waals surface area contributed by atoms with Crippen molar-refractivity contribution in [2.24, 2.45) is 5.84 Å². The zero-order valence-electron chi connectivity index (χ0n) is 14.3. The van der Waals surface area contributed by atoms with Crippen LogP contribution >= 0.6 is 27.5 Å². The van der Waals surface area contributed by atoms with Gasteiger partial charge in [-0.2, -0.15) is 0 Å². The number of hydrogen-bond acceptors (Lipinski definition) is 4. The van der Waals surface area contributed by atoms with E-state index in [1.165, 1.54) is 10.8 Å². The van der Waals surface area contributed by atoms with E-state index in [1.807, 2.05) is 0 Å². The molecule has 4 aromatic rings. The molecule has 0 aliphatic rings. The van der Waals surface area contributed by atoms with Crippen LogP contribution in [0.15, 0.2) is 69.7 Å². The molecular weight excluding hydrogens is 446 g/mol. The molecule has 0 bridgehead atoms. The number of nitrogens with zero attached hydrogens (tertiary/aromatic N) is 1. The predicted molar refractivity (Wildman–Crippen MR) is 110 cm³/mol. The van der Waals surface area contributed by atoms with Gasteiger partial charge in [0.25, 0.3) is 11.8 Å². The maximum Gasteiger partial charge on any atom is 0.298 e. The molecular formula is C20H13BrClN3O3. The van der Waals surface area contributed by atoms with E-state index in [1.54, 1.807) is 54.6 Å². The monoisotopic (exact) mass is 457 g/mol. The molecule has 0 radical (unpaired) electrons. The number of furan rings is 1. The number of nitrogens with two attached hydrogens (primary N) is 1. The SMILES string of the molecule is NNC(=O)c1cn(C(=O)c2ccc(-c3ccc(Cl)cc3Br)o2)c2ccccc12. The quantitative estimate of drug-likeness (QED) is 0.266. The van der Waals surface area contributed by atoms with Gasteiger partial charge in [-0.1, -0.05) is 29.8 Å². The summed E-state index contributed by atoms with van der Waals surface area (Å²) in [6.45, 7) is 0. The van der Waals surface area contributed by atoms with Crippen LogP contribution in [0, 0.1) is 0 Å². The van der Waals surface area contributed by atoms with E-state index in [0.717, 1.165) is 10.0 Å². The van der Waals surface area contributed by atoms with Gasteiger partial charge in [0.05, 0.1) is 11.1 Å². The van der Waals surface area contributed by atoms with Crippen molar-refractivity contribution in [2.45, 2.75) is 0 Å². The molecule has 6 nitrogen and oxygen atoms in total. The molecule has 2 aromatic heterocycles. The Bertz CT molecular complexity index is 1230. The molecule has 0 fully saturated rings. The molecule has 0 saturated heterocycles. The van der Waals surface area contributed by atoms with Crippen LogP contribution in [0.3, 0.4) is 0 Å². The van der Waals surface area contributed by atoms with Gasteiger partial charge < -0.3 is 4.42 Å². The fourth-order valence-electron chi connectivity index (χ4n) is 3.01. The van der Waals surface area contributed by atoms with Crippen molar-refractivity contribution in [2.75, 3.05) is 0 Å². The number of para-hydroxylation sites is 1. The minimum atomic E-state index is -0.479. The number of aromatic nitrogens is 1. The van der Waals surface area contributed by atoms with Gasteiger partial charge in [-0.3, -0.25) is 19.6 Å². The Balaban J connectivity index is 1.77. The zero-order chi connectivity index (χ0) is 19.8. The van der Waals surface area contributed by atoms with Crippen LogP contribution in [0.2, 0.25) is 5.02 Å². The summed E-state index contributed by atoms with van der Waals surface area (Å²) in [5, 5.41) is 1.20. The smallest absolute Gasteiger partial charge is 0.298 e. The lowest BCUT2D eigenvalue weighted by Crippen LogP contribution is -2.29. The Morgan fingerprint density at radius 3 is 2.64 bits per heavy atom. The van der Waals surface area contributed by atoms with Crippen molar-refractivity contribution in [3.8, 4) is 11.3 Å². The molecule has 0 aliphatic heterocycles. The van der Waals surface area contributed by atoms with Crippen LogP contribution in [0.5, 0.6) is 0 Å². The van der Waals surface area contributed by atoms with Crippen LogP contribution < -0.4 is 11.3 Å². The van der Waals surface area contributed by atoms with Gasteiger partial charge in [-0.15, -0.1) is 0 Å². The highest BCUT2D eigenvalue weighted by Crippen LogP contribution is 2.32. The summed E-state index contributed by atoms with van der Waals surface area (Å²) >= 11 is 9.42. The van der Waals surface area contributed by atoms with E-state index in [-0.39, 0.29) is 5.76 Å². The summed E-state index contributed by atoms with van der Waals surface area (Å²) < 4.78 is 7.91. The van der Waals surface area contributed by atoms with Gasteiger partial charge in [0, 0.05) is 26.6 Å². The molecule has 4 rings (SSSR count). The molecule has 0 aliphatic carbocycles. The van der Waals surface area contributed by atoms with Crippen molar-refractivity contribution < 1.29 is 14.0 Å². The number of carbonyl (C=O) groups excluding carboxylic acids is 2. The summed E-state index contributed by atoms with van der Waals surface area (Å²) in [7, 11) is 0. The molecule has 140 valence electrons. The Morgan fingerprint density at radius 1 is 1.11 bits per heavy atom. The highest BCUT2D eigenvalue weighted by molar-refractivity contribution is 9.10. The number of hydrazine groups is 1. The van der Waals surface area contributed by atoms with Crippen LogP contribution in [0.25, 0.3) is 22.2 Å². The Morgan fingerprint density at radius 2 is 1.89 bits per heavy atom. The van der Waals surface area contributed by atoms with Crippen molar-refractivity contribution in [1.29, 1.82) is 0 Å². The number of halogens is 2. The lowest BCUT2D eigenvalue weighted by atomic mass is 10.2. The van der Waals surface area contributed by atoms with Crippen LogP contribution in [-0.4, -0.2) is 16.4 Å². The van der Waals surface area contributed by atoms with Crippen LogP contribution in [0.1, 0.15) is 20.9 Å². The molecule has 8 heteroatoms. The third-order valence-electron chi connectivity index (χ3n) is 4.32. The highest BCUT2D eigenvalue weighted by atomic mass is 79.9. The zero-order valence-corrected chi connectivity index (χ0v) is 16.6. The second kappa shape index (κ2) is 7.27. The van der Waals surface area contributed by atoms with E-state index in [0.29, 0.717) is 27.2 Å². The molecule has 3 N–H and O–H groups in total. The van der Waals surface area contributed by atoms with E-state index in [2.05, 4.69) is 21.4 Å². The molecule has 2 heterocycles. The number of amides is 1. The van der Waals surface area contributed by atoms with Gasteiger partial charge >= 0.3 is 0 Å². The first-order valence-electron chi connectivity index (χ1n) is 8.20. The van der Waals surface area contributed by atoms with Gasteiger partial charge in [-0.05, 0) is 52.3 Å². The summed E-state index contributed by atoms with van der Waals surface area (Å²) in [4.78, 5) is 25.1. The van der Waals surface area contributed by atoms with E-state index < -0.39 is 11.8 Å². The molecule has 0 unspecified atom stereocenters. The number of benzene rings is 2. The number of nitrogen functional groups attached to an aromatic ring is 1. The predicted octanol–water partition coefficient (Wildman–Crippen LogP) is 4.61. The third kappa shape index (κ3) is 3.13. The van der Waals surface area contributed by atoms with Crippen molar-refractivity contribution >= 4 is 50.2 Å². The Kier molecular flexibility index (Phi) is 4.80. The lowest BCUT2D eigenvalue weighted by molar-refractivity contribution is 0.0938. The Labute approximate surface area is 173 Å². The Hall–Kier alpha value is -2.87. The first-order chi connectivity index (χ1) is 13.5. The lowest BCUT2D eigenvalue weighted by Gasteiger charge is -2.03. The minimum Gasteiger partial charge on any atom is -0.451 e. The highest BCUT2D eigenvalue weighted by Gasteiger charge is 2.21. The normalized spacial score (nSPS) is 11.0. The van der Waals surface area contributed by atoms with E-state index >= 15 is 0 Å². The van der Waals surface area contributed by atoms with Crippen molar-refractivity contribution in [3.63, 3.8) is 0 Å². The van der Waals surface area contributed by atoms with E-state index in [4.69, 9.17) is 21.9 Å². The maximum absolute atomic E-state index is 13.0. The summed E-state index contributed by atoms with van der Waals surface area (Å²) in [6, 6.07) is 15.7. The average Bonchev–Trinajstić information content (AvgIpc) is 3.32.